The zero-order chi connectivity index (χ0) is 57.1. The highest BCUT2D eigenvalue weighted by atomic mass is 16.6. The van der Waals surface area contributed by atoms with Crippen molar-refractivity contribution in [3.8, 4) is 0 Å². The summed E-state index contributed by atoms with van der Waals surface area (Å²) in [6.07, 6.45) is 98.8. The lowest BCUT2D eigenvalue weighted by Gasteiger charge is -2.18. The van der Waals surface area contributed by atoms with Gasteiger partial charge >= 0.3 is 17.9 Å². The Morgan fingerprint density at radius 3 is 0.709 bits per heavy atom. The molecule has 0 aliphatic heterocycles. The zero-order valence-corrected chi connectivity index (χ0v) is 50.0. The van der Waals surface area contributed by atoms with Gasteiger partial charge in [0.15, 0.2) is 6.10 Å². The molecule has 438 valence electrons. The van der Waals surface area contributed by atoms with E-state index in [2.05, 4.69) is 215 Å². The van der Waals surface area contributed by atoms with Gasteiger partial charge in [-0.3, -0.25) is 14.4 Å². The predicted molar refractivity (Wildman–Crippen MR) is 343 cm³/mol. The third-order valence-corrected chi connectivity index (χ3v) is 12.1. The summed E-state index contributed by atoms with van der Waals surface area (Å²) in [5.41, 5.74) is 0. The van der Waals surface area contributed by atoms with E-state index < -0.39 is 6.10 Å². The fourth-order valence-corrected chi connectivity index (χ4v) is 7.56. The molecule has 0 fully saturated rings. The van der Waals surface area contributed by atoms with Crippen molar-refractivity contribution in [3.05, 3.63) is 194 Å². The van der Waals surface area contributed by atoms with E-state index in [1.165, 1.54) is 0 Å². The molecule has 0 N–H and O–H groups in total. The van der Waals surface area contributed by atoms with E-state index in [-0.39, 0.29) is 37.5 Å². The standard InChI is InChI=1S/C73H110O6/c1-4-7-10-13-16-19-22-25-26-27-28-29-30-31-32-33-34-35-36-37-38-39-40-41-42-43-44-45-46-49-51-54-57-60-63-66-72(75)78-69-70(79-73(76)67-64-61-58-55-52-48-24-21-18-15-12-9-6-3)68-77-71(74)65-62-59-56-53-50-47-23-20-17-14-11-8-5-2/h7-12,16-21,25-26,28-29,31-32,34-35,37-38,40-41,43-44,46-50,52,70H,4-6,13-15,22-24,27,30,33,36,39,42,45,51,53-69H2,1-3H3/b10-7-,11-8-,12-9-,19-16-,20-17-,21-18-,26-25-,29-28-,32-31-,35-34-,38-37-,41-40-,44-43-,49-46-,50-47-,52-48-. The monoisotopic (exact) mass is 1080 g/mol. The highest BCUT2D eigenvalue weighted by Gasteiger charge is 2.19. The Balaban J connectivity index is 4.35. The van der Waals surface area contributed by atoms with E-state index in [1.54, 1.807) is 0 Å². The first-order valence-corrected chi connectivity index (χ1v) is 30.9. The molecule has 0 radical (unpaired) electrons. The van der Waals surface area contributed by atoms with Gasteiger partial charge in [0.05, 0.1) is 0 Å². The summed E-state index contributed by atoms with van der Waals surface area (Å²) in [5, 5.41) is 0. The predicted octanol–water partition coefficient (Wildman–Crippen LogP) is 21.4. The number of esters is 3. The van der Waals surface area contributed by atoms with E-state index in [1.807, 2.05) is 0 Å². The number of rotatable bonds is 53. The summed E-state index contributed by atoms with van der Waals surface area (Å²) in [5.74, 6) is -1.02. The van der Waals surface area contributed by atoms with Gasteiger partial charge < -0.3 is 14.2 Å². The lowest BCUT2D eigenvalue weighted by Crippen LogP contribution is -2.30. The van der Waals surface area contributed by atoms with Crippen LogP contribution in [-0.2, 0) is 28.6 Å². The highest BCUT2D eigenvalue weighted by molar-refractivity contribution is 5.71. The summed E-state index contributed by atoms with van der Waals surface area (Å²) in [7, 11) is 0. The van der Waals surface area contributed by atoms with Crippen molar-refractivity contribution in [2.24, 2.45) is 0 Å². The summed E-state index contributed by atoms with van der Waals surface area (Å²) in [4.78, 5) is 38.1. The maximum absolute atomic E-state index is 12.8. The second-order valence-electron chi connectivity index (χ2n) is 19.5. The van der Waals surface area contributed by atoms with Crippen molar-refractivity contribution in [3.63, 3.8) is 0 Å². The molecule has 0 spiro atoms. The lowest BCUT2D eigenvalue weighted by atomic mass is 10.1. The molecular formula is C73H110O6. The fourth-order valence-electron chi connectivity index (χ4n) is 7.56. The van der Waals surface area contributed by atoms with Crippen LogP contribution in [0.3, 0.4) is 0 Å². The molecule has 1 unspecified atom stereocenters. The van der Waals surface area contributed by atoms with Crippen molar-refractivity contribution >= 4 is 17.9 Å². The molecular weight excluding hydrogens is 973 g/mol. The smallest absolute Gasteiger partial charge is 0.306 e. The van der Waals surface area contributed by atoms with Gasteiger partial charge in [-0.1, -0.05) is 241 Å². The van der Waals surface area contributed by atoms with Gasteiger partial charge in [0, 0.05) is 19.3 Å². The van der Waals surface area contributed by atoms with Crippen LogP contribution in [0.4, 0.5) is 0 Å². The third-order valence-electron chi connectivity index (χ3n) is 12.1. The van der Waals surface area contributed by atoms with Crippen LogP contribution in [0, 0.1) is 0 Å². The van der Waals surface area contributed by atoms with E-state index in [4.69, 9.17) is 14.2 Å². The minimum absolute atomic E-state index is 0.123. The molecule has 0 aromatic carbocycles. The van der Waals surface area contributed by atoms with E-state index in [0.29, 0.717) is 19.3 Å². The molecule has 0 aliphatic carbocycles. The summed E-state index contributed by atoms with van der Waals surface area (Å²) in [6, 6.07) is 0. The van der Waals surface area contributed by atoms with Crippen LogP contribution in [-0.4, -0.2) is 37.2 Å². The maximum Gasteiger partial charge on any atom is 0.306 e. The van der Waals surface area contributed by atoms with Crippen LogP contribution >= 0.6 is 0 Å². The van der Waals surface area contributed by atoms with Gasteiger partial charge in [-0.2, -0.15) is 0 Å². The first-order valence-electron chi connectivity index (χ1n) is 30.9. The second-order valence-corrected chi connectivity index (χ2v) is 19.5. The van der Waals surface area contributed by atoms with Crippen LogP contribution in [0.25, 0.3) is 0 Å². The van der Waals surface area contributed by atoms with Crippen molar-refractivity contribution in [2.45, 2.75) is 232 Å². The lowest BCUT2D eigenvalue weighted by molar-refractivity contribution is -0.167. The van der Waals surface area contributed by atoms with Crippen molar-refractivity contribution in [1.29, 1.82) is 0 Å². The van der Waals surface area contributed by atoms with Crippen LogP contribution in [0.15, 0.2) is 194 Å². The Morgan fingerprint density at radius 2 is 0.456 bits per heavy atom. The number of hydrogen-bond acceptors (Lipinski definition) is 6. The Labute approximate surface area is 484 Å². The van der Waals surface area contributed by atoms with Gasteiger partial charge in [0.2, 0.25) is 0 Å². The van der Waals surface area contributed by atoms with Gasteiger partial charge in [-0.05, 0) is 161 Å². The highest BCUT2D eigenvalue weighted by Crippen LogP contribution is 2.12. The molecule has 0 saturated carbocycles. The Bertz CT molecular complexity index is 1920. The van der Waals surface area contributed by atoms with Crippen LogP contribution in [0.5, 0.6) is 0 Å². The number of carbonyl (C=O) groups excluding carboxylic acids is 3. The molecule has 0 aromatic rings. The van der Waals surface area contributed by atoms with Crippen molar-refractivity contribution < 1.29 is 28.6 Å². The van der Waals surface area contributed by atoms with Crippen LogP contribution in [0.2, 0.25) is 0 Å². The Hall–Kier alpha value is -5.75. The zero-order valence-electron chi connectivity index (χ0n) is 50.0. The molecule has 0 bridgehead atoms. The molecule has 6 heteroatoms. The molecule has 0 rings (SSSR count). The number of hydrogen-bond donors (Lipinski definition) is 0. The fraction of sp³-hybridized carbons (Fsp3) is 0.521. The molecule has 0 heterocycles. The third kappa shape index (κ3) is 63.0. The van der Waals surface area contributed by atoms with Crippen molar-refractivity contribution in [2.75, 3.05) is 13.2 Å². The second kappa shape index (κ2) is 64.8. The summed E-state index contributed by atoms with van der Waals surface area (Å²) >= 11 is 0. The van der Waals surface area contributed by atoms with Crippen LogP contribution < -0.4 is 0 Å². The van der Waals surface area contributed by atoms with Crippen LogP contribution in [0.1, 0.15) is 226 Å². The van der Waals surface area contributed by atoms with Gasteiger partial charge in [-0.15, -0.1) is 0 Å². The summed E-state index contributed by atoms with van der Waals surface area (Å²) < 4.78 is 16.8. The quantitative estimate of drug-likeness (QED) is 0.0261. The molecule has 1 atom stereocenters. The molecule has 0 saturated heterocycles. The Kier molecular flexibility index (Phi) is 60.1. The topological polar surface area (TPSA) is 78.9 Å². The molecule has 0 amide bonds. The largest absolute Gasteiger partial charge is 0.462 e. The van der Waals surface area contributed by atoms with E-state index in [9.17, 15) is 14.4 Å². The Morgan fingerprint density at radius 1 is 0.253 bits per heavy atom. The maximum atomic E-state index is 12.8. The van der Waals surface area contributed by atoms with Gasteiger partial charge in [0.1, 0.15) is 13.2 Å². The number of unbranched alkanes of at least 4 members (excludes halogenated alkanes) is 10. The normalized spacial score (nSPS) is 13.5. The van der Waals surface area contributed by atoms with E-state index in [0.717, 1.165) is 180 Å². The molecule has 0 aliphatic rings. The SMILES string of the molecule is CC/C=C\C/C=C\C/C=C\C/C=C\C/C=C\C/C=C\C/C=C\C/C=C\C/C=C\C/C=C\CCCCCCC(=O)OCC(COC(=O)CCCCC/C=C\C/C=C\C/C=C\CC)OC(=O)CCCCC/C=C\C/C=C\C/C=C\CC. The number of allylic oxidation sites excluding steroid dienone is 32. The molecule has 6 nitrogen and oxygen atoms in total. The number of carbonyl (C=O) groups is 3. The van der Waals surface area contributed by atoms with Crippen molar-refractivity contribution in [1.82, 2.24) is 0 Å². The minimum atomic E-state index is -0.827. The number of ether oxygens (including phenoxy) is 3. The molecule has 79 heavy (non-hydrogen) atoms. The van der Waals surface area contributed by atoms with E-state index >= 15 is 0 Å². The minimum Gasteiger partial charge on any atom is -0.462 e. The average Bonchev–Trinajstić information content (AvgIpc) is 3.45. The molecule has 0 aromatic heterocycles. The van der Waals surface area contributed by atoms with Gasteiger partial charge in [0.25, 0.3) is 0 Å². The first kappa shape index (κ1) is 73.2. The summed E-state index contributed by atoms with van der Waals surface area (Å²) in [6.45, 7) is 6.19. The average molecular weight is 1080 g/mol. The van der Waals surface area contributed by atoms with Gasteiger partial charge in [-0.25, -0.2) is 0 Å². The first-order chi connectivity index (χ1) is 39.0.